The Morgan fingerprint density at radius 1 is 1.48 bits per heavy atom. The Balaban J connectivity index is 1.92. The van der Waals surface area contributed by atoms with Crippen molar-refractivity contribution in [2.45, 2.75) is 6.10 Å². The highest BCUT2D eigenvalue weighted by atomic mass is 32.2. The second kappa shape index (κ2) is 5.70. The van der Waals surface area contributed by atoms with Crippen molar-refractivity contribution in [3.05, 3.63) is 34.1 Å². The number of benzene rings is 1. The SMILES string of the molecule is Nc1ccc([N+](=O)[O-])cc1-c1nc(C2CSCCO2)no1. The summed E-state index contributed by atoms with van der Waals surface area (Å²) in [4.78, 5) is 14.6. The normalized spacial score (nSPS) is 18.6. The molecule has 0 amide bonds. The van der Waals surface area contributed by atoms with Gasteiger partial charge in [-0.1, -0.05) is 5.16 Å². The number of thioether (sulfide) groups is 1. The second-order valence-electron chi connectivity index (χ2n) is 4.42. The molecule has 110 valence electrons. The first-order chi connectivity index (χ1) is 10.1. The molecular weight excluding hydrogens is 296 g/mol. The van der Waals surface area contributed by atoms with Crippen LogP contribution < -0.4 is 5.73 Å². The number of nitro groups is 1. The van der Waals surface area contributed by atoms with E-state index >= 15 is 0 Å². The maximum Gasteiger partial charge on any atom is 0.270 e. The maximum atomic E-state index is 10.8. The lowest BCUT2D eigenvalue weighted by Gasteiger charge is -2.18. The maximum absolute atomic E-state index is 10.8. The van der Waals surface area contributed by atoms with Crippen molar-refractivity contribution in [3.63, 3.8) is 0 Å². The summed E-state index contributed by atoms with van der Waals surface area (Å²) in [7, 11) is 0. The first-order valence-corrected chi connectivity index (χ1v) is 7.38. The van der Waals surface area contributed by atoms with E-state index in [4.69, 9.17) is 15.0 Å². The Morgan fingerprint density at radius 3 is 3.05 bits per heavy atom. The molecular formula is C12H12N4O4S. The van der Waals surface area contributed by atoms with Crippen LogP contribution in [0.15, 0.2) is 22.7 Å². The molecule has 0 spiro atoms. The minimum Gasteiger partial charge on any atom is -0.398 e. The Labute approximate surface area is 123 Å². The summed E-state index contributed by atoms with van der Waals surface area (Å²) < 4.78 is 10.7. The molecule has 1 aromatic carbocycles. The van der Waals surface area contributed by atoms with Crippen LogP contribution in [0.3, 0.4) is 0 Å². The van der Waals surface area contributed by atoms with E-state index in [2.05, 4.69) is 10.1 Å². The van der Waals surface area contributed by atoms with Crippen molar-refractivity contribution in [2.24, 2.45) is 0 Å². The molecule has 1 aliphatic rings. The molecule has 0 radical (unpaired) electrons. The molecule has 0 saturated carbocycles. The van der Waals surface area contributed by atoms with Crippen molar-refractivity contribution in [2.75, 3.05) is 23.8 Å². The lowest BCUT2D eigenvalue weighted by atomic mass is 10.1. The van der Waals surface area contributed by atoms with Gasteiger partial charge in [-0.05, 0) is 6.07 Å². The van der Waals surface area contributed by atoms with Gasteiger partial charge in [0, 0.05) is 29.3 Å². The minimum atomic E-state index is -0.499. The van der Waals surface area contributed by atoms with E-state index < -0.39 is 4.92 Å². The molecule has 2 heterocycles. The molecule has 1 saturated heterocycles. The van der Waals surface area contributed by atoms with Gasteiger partial charge in [0.1, 0.15) is 6.10 Å². The molecule has 9 heteroatoms. The highest BCUT2D eigenvalue weighted by molar-refractivity contribution is 7.99. The van der Waals surface area contributed by atoms with Crippen LogP contribution in [0, 0.1) is 10.1 Å². The van der Waals surface area contributed by atoms with Gasteiger partial charge in [0.15, 0.2) is 0 Å². The third-order valence-corrected chi connectivity index (χ3v) is 4.02. The molecule has 1 aromatic heterocycles. The van der Waals surface area contributed by atoms with Crippen LogP contribution in [-0.2, 0) is 4.74 Å². The standard InChI is InChI=1S/C12H12N4O4S/c13-9-2-1-7(16(17)18)5-8(9)12-14-11(15-20-12)10-6-21-4-3-19-10/h1-2,5,10H,3-4,6,13H2. The predicted molar refractivity (Wildman–Crippen MR) is 76.8 cm³/mol. The number of rotatable bonds is 3. The summed E-state index contributed by atoms with van der Waals surface area (Å²) in [6.45, 7) is 0.637. The Kier molecular flexibility index (Phi) is 3.76. The van der Waals surface area contributed by atoms with Gasteiger partial charge in [-0.3, -0.25) is 10.1 Å². The fourth-order valence-corrected chi connectivity index (χ4v) is 2.80. The number of hydrogen-bond acceptors (Lipinski definition) is 8. The monoisotopic (exact) mass is 308 g/mol. The van der Waals surface area contributed by atoms with Crippen molar-refractivity contribution in [3.8, 4) is 11.5 Å². The van der Waals surface area contributed by atoms with Gasteiger partial charge >= 0.3 is 0 Å². The number of nitrogens with two attached hydrogens (primary N) is 1. The highest BCUT2D eigenvalue weighted by Crippen LogP contribution is 2.31. The van der Waals surface area contributed by atoms with Gasteiger partial charge in [-0.25, -0.2) is 0 Å². The molecule has 1 unspecified atom stereocenters. The zero-order chi connectivity index (χ0) is 14.8. The smallest absolute Gasteiger partial charge is 0.270 e. The summed E-state index contributed by atoms with van der Waals surface area (Å²) in [5.74, 6) is 2.29. The lowest BCUT2D eigenvalue weighted by Crippen LogP contribution is -2.16. The van der Waals surface area contributed by atoms with Gasteiger partial charge in [0.25, 0.3) is 11.6 Å². The van der Waals surface area contributed by atoms with Crippen molar-refractivity contribution >= 4 is 23.1 Å². The summed E-state index contributed by atoms with van der Waals surface area (Å²) in [5.41, 5.74) is 6.44. The van der Waals surface area contributed by atoms with E-state index in [0.29, 0.717) is 23.7 Å². The molecule has 1 aliphatic heterocycles. The molecule has 2 aromatic rings. The number of anilines is 1. The topological polar surface area (TPSA) is 117 Å². The number of non-ortho nitro benzene ring substituents is 1. The number of ether oxygens (including phenoxy) is 1. The van der Waals surface area contributed by atoms with Crippen LogP contribution >= 0.6 is 11.8 Å². The van der Waals surface area contributed by atoms with Crippen LogP contribution in [0.25, 0.3) is 11.5 Å². The first-order valence-electron chi connectivity index (χ1n) is 6.22. The van der Waals surface area contributed by atoms with Crippen molar-refractivity contribution in [1.82, 2.24) is 10.1 Å². The lowest BCUT2D eigenvalue weighted by molar-refractivity contribution is -0.384. The molecule has 3 rings (SSSR count). The van der Waals surface area contributed by atoms with E-state index in [9.17, 15) is 10.1 Å². The summed E-state index contributed by atoms with van der Waals surface area (Å²) in [6, 6.07) is 4.10. The summed E-state index contributed by atoms with van der Waals surface area (Å²) in [5, 5.41) is 14.7. The van der Waals surface area contributed by atoms with Gasteiger partial charge < -0.3 is 15.0 Å². The molecule has 2 N–H and O–H groups in total. The largest absolute Gasteiger partial charge is 0.398 e. The van der Waals surface area contributed by atoms with Gasteiger partial charge in [0.05, 0.1) is 17.1 Å². The molecule has 1 fully saturated rings. The fraction of sp³-hybridized carbons (Fsp3) is 0.333. The molecule has 0 bridgehead atoms. The average Bonchev–Trinajstić information content (AvgIpc) is 2.98. The van der Waals surface area contributed by atoms with Crippen LogP contribution in [0.4, 0.5) is 11.4 Å². The Morgan fingerprint density at radius 2 is 2.33 bits per heavy atom. The van der Waals surface area contributed by atoms with Crippen LogP contribution in [-0.4, -0.2) is 33.2 Å². The van der Waals surface area contributed by atoms with E-state index in [1.807, 2.05) is 0 Å². The van der Waals surface area contributed by atoms with E-state index in [-0.39, 0.29) is 17.7 Å². The third kappa shape index (κ3) is 2.83. The summed E-state index contributed by atoms with van der Waals surface area (Å²) in [6.07, 6.45) is -0.221. The van der Waals surface area contributed by atoms with E-state index in [0.717, 1.165) is 11.5 Å². The number of hydrogen-bond donors (Lipinski definition) is 1. The predicted octanol–water partition coefficient (Wildman–Crippen LogP) is 2.03. The summed E-state index contributed by atoms with van der Waals surface area (Å²) >= 11 is 1.75. The van der Waals surface area contributed by atoms with Crippen molar-refractivity contribution < 1.29 is 14.2 Å². The quantitative estimate of drug-likeness (QED) is 0.520. The zero-order valence-corrected chi connectivity index (χ0v) is 11.7. The fourth-order valence-electron chi connectivity index (χ4n) is 1.95. The zero-order valence-electron chi connectivity index (χ0n) is 10.9. The first kappa shape index (κ1) is 13.8. The molecule has 0 aliphatic carbocycles. The van der Waals surface area contributed by atoms with Crippen LogP contribution in [0.1, 0.15) is 11.9 Å². The van der Waals surface area contributed by atoms with E-state index in [1.54, 1.807) is 11.8 Å². The third-order valence-electron chi connectivity index (χ3n) is 3.02. The minimum absolute atomic E-state index is 0.0802. The van der Waals surface area contributed by atoms with Gasteiger partial charge in [-0.2, -0.15) is 16.7 Å². The Bertz CT molecular complexity index is 669. The Hall–Kier alpha value is -2.13. The molecule has 21 heavy (non-hydrogen) atoms. The number of nitrogen functional groups attached to an aromatic ring is 1. The molecule has 8 nitrogen and oxygen atoms in total. The van der Waals surface area contributed by atoms with Crippen LogP contribution in [0.5, 0.6) is 0 Å². The molecule has 1 atom stereocenters. The number of nitrogens with zero attached hydrogens (tertiary/aromatic N) is 3. The number of nitro benzene ring substituents is 1. The number of aromatic nitrogens is 2. The van der Waals surface area contributed by atoms with E-state index in [1.165, 1.54) is 18.2 Å². The van der Waals surface area contributed by atoms with Crippen LogP contribution in [0.2, 0.25) is 0 Å². The van der Waals surface area contributed by atoms with Crippen molar-refractivity contribution in [1.29, 1.82) is 0 Å². The second-order valence-corrected chi connectivity index (χ2v) is 5.57. The van der Waals surface area contributed by atoms with Gasteiger partial charge in [-0.15, -0.1) is 0 Å². The van der Waals surface area contributed by atoms with Gasteiger partial charge in [0.2, 0.25) is 5.82 Å². The average molecular weight is 308 g/mol. The highest BCUT2D eigenvalue weighted by Gasteiger charge is 2.23.